The van der Waals surface area contributed by atoms with Gasteiger partial charge < -0.3 is 11.1 Å². The number of anilines is 1. The lowest BCUT2D eigenvalue weighted by molar-refractivity contribution is -0.123. The standard InChI is InChI=1S/C15H25N3O/c1-5-11(2)17-15(19)10-18(4)12(3)13-7-6-8-14(16)9-13/h6-9,11-12H,5,10,16H2,1-4H3,(H,17,19). The van der Waals surface area contributed by atoms with Gasteiger partial charge in [0.2, 0.25) is 5.91 Å². The molecule has 0 radical (unpaired) electrons. The van der Waals surface area contributed by atoms with Crippen LogP contribution in [-0.4, -0.2) is 30.4 Å². The molecule has 0 spiro atoms. The first-order valence-corrected chi connectivity index (χ1v) is 6.79. The van der Waals surface area contributed by atoms with E-state index in [1.807, 2.05) is 43.1 Å². The zero-order chi connectivity index (χ0) is 14.4. The Morgan fingerprint density at radius 2 is 2.11 bits per heavy atom. The lowest BCUT2D eigenvalue weighted by Crippen LogP contribution is -2.40. The van der Waals surface area contributed by atoms with Gasteiger partial charge in [-0.3, -0.25) is 9.69 Å². The van der Waals surface area contributed by atoms with E-state index in [1.54, 1.807) is 0 Å². The van der Waals surface area contributed by atoms with Crippen LogP contribution in [0.2, 0.25) is 0 Å². The number of hydrogen-bond donors (Lipinski definition) is 2. The number of carbonyl (C=O) groups excluding carboxylic acids is 1. The van der Waals surface area contributed by atoms with Crippen LogP contribution < -0.4 is 11.1 Å². The summed E-state index contributed by atoms with van der Waals surface area (Å²) in [6, 6.07) is 8.17. The fourth-order valence-corrected chi connectivity index (χ4v) is 1.86. The van der Waals surface area contributed by atoms with E-state index in [2.05, 4.69) is 19.2 Å². The number of nitrogen functional groups attached to an aromatic ring is 1. The van der Waals surface area contributed by atoms with Crippen LogP contribution in [0, 0.1) is 0 Å². The van der Waals surface area contributed by atoms with E-state index in [0.717, 1.165) is 17.7 Å². The molecule has 2 atom stereocenters. The molecule has 0 aromatic heterocycles. The molecule has 1 amide bonds. The number of likely N-dealkylation sites (N-methyl/N-ethyl adjacent to an activating group) is 1. The first-order valence-electron chi connectivity index (χ1n) is 6.79. The molecular weight excluding hydrogens is 238 g/mol. The van der Waals surface area contributed by atoms with Gasteiger partial charge in [-0.15, -0.1) is 0 Å². The highest BCUT2D eigenvalue weighted by molar-refractivity contribution is 5.78. The molecule has 4 nitrogen and oxygen atoms in total. The number of benzene rings is 1. The van der Waals surface area contributed by atoms with Crippen molar-refractivity contribution in [3.63, 3.8) is 0 Å². The summed E-state index contributed by atoms with van der Waals surface area (Å²) in [6.45, 7) is 6.54. The Morgan fingerprint density at radius 1 is 1.42 bits per heavy atom. The monoisotopic (exact) mass is 263 g/mol. The molecule has 0 saturated carbocycles. The Kier molecular flexibility index (Phi) is 5.83. The smallest absolute Gasteiger partial charge is 0.234 e. The zero-order valence-corrected chi connectivity index (χ0v) is 12.3. The lowest BCUT2D eigenvalue weighted by atomic mass is 10.1. The third kappa shape index (κ3) is 4.91. The maximum Gasteiger partial charge on any atom is 0.234 e. The average Bonchev–Trinajstić information content (AvgIpc) is 2.37. The van der Waals surface area contributed by atoms with Crippen LogP contribution in [0.15, 0.2) is 24.3 Å². The zero-order valence-electron chi connectivity index (χ0n) is 12.3. The van der Waals surface area contributed by atoms with Crippen molar-refractivity contribution in [3.8, 4) is 0 Å². The summed E-state index contributed by atoms with van der Waals surface area (Å²) >= 11 is 0. The predicted octanol–water partition coefficient (Wildman–Crippen LogP) is 2.18. The summed E-state index contributed by atoms with van der Waals surface area (Å²) in [5.74, 6) is 0.0626. The SMILES string of the molecule is CCC(C)NC(=O)CN(C)C(C)c1cccc(N)c1. The van der Waals surface area contributed by atoms with Crippen molar-refractivity contribution < 1.29 is 4.79 Å². The average molecular weight is 263 g/mol. The van der Waals surface area contributed by atoms with Crippen LogP contribution in [0.4, 0.5) is 5.69 Å². The van der Waals surface area contributed by atoms with Crippen LogP contribution in [-0.2, 0) is 4.79 Å². The number of nitrogens with one attached hydrogen (secondary N) is 1. The topological polar surface area (TPSA) is 58.4 Å². The third-order valence-corrected chi connectivity index (χ3v) is 3.47. The Bertz CT molecular complexity index is 420. The van der Waals surface area contributed by atoms with Crippen molar-refractivity contribution in [2.45, 2.75) is 39.3 Å². The minimum absolute atomic E-state index is 0.0626. The minimum atomic E-state index is 0.0626. The van der Waals surface area contributed by atoms with E-state index in [9.17, 15) is 4.79 Å². The molecule has 1 aromatic rings. The van der Waals surface area contributed by atoms with Crippen molar-refractivity contribution in [2.24, 2.45) is 0 Å². The van der Waals surface area contributed by atoms with Crippen molar-refractivity contribution in [3.05, 3.63) is 29.8 Å². The highest BCUT2D eigenvalue weighted by atomic mass is 16.2. The number of amides is 1. The molecule has 0 aliphatic carbocycles. The van der Waals surface area contributed by atoms with E-state index in [0.29, 0.717) is 6.54 Å². The third-order valence-electron chi connectivity index (χ3n) is 3.47. The van der Waals surface area contributed by atoms with Gasteiger partial charge in [-0.2, -0.15) is 0 Å². The molecule has 106 valence electrons. The van der Waals surface area contributed by atoms with Gasteiger partial charge in [0.15, 0.2) is 0 Å². The largest absolute Gasteiger partial charge is 0.399 e. The van der Waals surface area contributed by atoms with E-state index in [-0.39, 0.29) is 18.0 Å². The highest BCUT2D eigenvalue weighted by Gasteiger charge is 2.15. The maximum absolute atomic E-state index is 11.8. The van der Waals surface area contributed by atoms with E-state index in [4.69, 9.17) is 5.73 Å². The van der Waals surface area contributed by atoms with Gasteiger partial charge in [0.05, 0.1) is 6.54 Å². The van der Waals surface area contributed by atoms with E-state index < -0.39 is 0 Å². The van der Waals surface area contributed by atoms with Crippen LogP contribution in [0.3, 0.4) is 0 Å². The van der Waals surface area contributed by atoms with Gasteiger partial charge in [-0.05, 0) is 45.0 Å². The van der Waals surface area contributed by atoms with Gasteiger partial charge >= 0.3 is 0 Å². The first-order chi connectivity index (χ1) is 8.93. The number of rotatable bonds is 6. The summed E-state index contributed by atoms with van der Waals surface area (Å²) in [7, 11) is 1.95. The van der Waals surface area contributed by atoms with Gasteiger partial charge in [0, 0.05) is 17.8 Å². The number of nitrogens with two attached hydrogens (primary N) is 1. The Morgan fingerprint density at radius 3 is 2.68 bits per heavy atom. The van der Waals surface area contributed by atoms with Crippen molar-refractivity contribution in [2.75, 3.05) is 19.3 Å². The second-order valence-corrected chi connectivity index (χ2v) is 5.14. The summed E-state index contributed by atoms with van der Waals surface area (Å²) in [4.78, 5) is 13.9. The summed E-state index contributed by atoms with van der Waals surface area (Å²) in [5.41, 5.74) is 7.66. The summed E-state index contributed by atoms with van der Waals surface area (Å²) in [5, 5.41) is 2.97. The van der Waals surface area contributed by atoms with Gasteiger partial charge in [-0.25, -0.2) is 0 Å². The van der Waals surface area contributed by atoms with Crippen LogP contribution in [0.25, 0.3) is 0 Å². The molecule has 0 heterocycles. The summed E-state index contributed by atoms with van der Waals surface area (Å²) < 4.78 is 0. The van der Waals surface area contributed by atoms with Crippen LogP contribution in [0.5, 0.6) is 0 Å². The van der Waals surface area contributed by atoms with Gasteiger partial charge in [-0.1, -0.05) is 19.1 Å². The molecule has 19 heavy (non-hydrogen) atoms. The fraction of sp³-hybridized carbons (Fsp3) is 0.533. The molecular formula is C15H25N3O. The lowest BCUT2D eigenvalue weighted by Gasteiger charge is -2.25. The normalized spacial score (nSPS) is 14.2. The predicted molar refractivity (Wildman–Crippen MR) is 79.8 cm³/mol. The quantitative estimate of drug-likeness (QED) is 0.773. The molecule has 1 aromatic carbocycles. The first kappa shape index (κ1) is 15.5. The minimum Gasteiger partial charge on any atom is -0.399 e. The summed E-state index contributed by atoms with van der Waals surface area (Å²) in [6.07, 6.45) is 0.945. The molecule has 1 rings (SSSR count). The van der Waals surface area contributed by atoms with Gasteiger partial charge in [0.1, 0.15) is 0 Å². The van der Waals surface area contributed by atoms with Crippen molar-refractivity contribution >= 4 is 11.6 Å². The highest BCUT2D eigenvalue weighted by Crippen LogP contribution is 2.20. The molecule has 0 fully saturated rings. The Labute approximate surface area is 116 Å². The fourth-order valence-electron chi connectivity index (χ4n) is 1.86. The Balaban J connectivity index is 2.57. The van der Waals surface area contributed by atoms with Crippen LogP contribution in [0.1, 0.15) is 38.8 Å². The molecule has 0 aliphatic heterocycles. The van der Waals surface area contributed by atoms with E-state index in [1.165, 1.54) is 0 Å². The molecule has 3 N–H and O–H groups in total. The van der Waals surface area contributed by atoms with Gasteiger partial charge in [0.25, 0.3) is 0 Å². The molecule has 4 heteroatoms. The number of nitrogens with zero attached hydrogens (tertiary/aromatic N) is 1. The molecule has 2 unspecified atom stereocenters. The molecule has 0 aliphatic rings. The maximum atomic E-state index is 11.8. The van der Waals surface area contributed by atoms with E-state index >= 15 is 0 Å². The van der Waals surface area contributed by atoms with Crippen molar-refractivity contribution in [1.82, 2.24) is 10.2 Å². The van der Waals surface area contributed by atoms with Crippen LogP contribution >= 0.6 is 0 Å². The second kappa shape index (κ2) is 7.14. The second-order valence-electron chi connectivity index (χ2n) is 5.14. The molecule has 0 saturated heterocycles. The molecule has 0 bridgehead atoms. The van der Waals surface area contributed by atoms with Crippen molar-refractivity contribution in [1.29, 1.82) is 0 Å². The number of carbonyl (C=O) groups is 1. The number of hydrogen-bond acceptors (Lipinski definition) is 3. The Hall–Kier alpha value is -1.55.